The van der Waals surface area contributed by atoms with Gasteiger partial charge in [0, 0.05) is 17.9 Å². The summed E-state index contributed by atoms with van der Waals surface area (Å²) in [6.07, 6.45) is 3.34. The van der Waals surface area contributed by atoms with Gasteiger partial charge in [-0.1, -0.05) is 23.5 Å². The van der Waals surface area contributed by atoms with Crippen LogP contribution in [-0.2, 0) is 16.1 Å². The van der Waals surface area contributed by atoms with E-state index in [1.165, 1.54) is 22.2 Å². The van der Waals surface area contributed by atoms with Crippen molar-refractivity contribution >= 4 is 32.6 Å². The van der Waals surface area contributed by atoms with Crippen molar-refractivity contribution in [1.29, 1.82) is 0 Å². The summed E-state index contributed by atoms with van der Waals surface area (Å²) in [5, 5.41) is 0.631. The third-order valence-electron chi connectivity index (χ3n) is 5.05. The molecular weight excluding hydrogens is 376 g/mol. The summed E-state index contributed by atoms with van der Waals surface area (Å²) in [6.45, 7) is 4.59. The van der Waals surface area contributed by atoms with E-state index >= 15 is 0 Å². The van der Waals surface area contributed by atoms with E-state index in [0.717, 1.165) is 23.1 Å². The van der Waals surface area contributed by atoms with Gasteiger partial charge in [0.1, 0.15) is 6.54 Å². The van der Waals surface area contributed by atoms with E-state index in [0.29, 0.717) is 29.5 Å². The second-order valence-electron chi connectivity index (χ2n) is 6.99. The molecule has 146 valence electrons. The van der Waals surface area contributed by atoms with Gasteiger partial charge in [0.15, 0.2) is 5.13 Å². The highest BCUT2D eigenvalue weighted by Gasteiger charge is 2.26. The zero-order chi connectivity index (χ0) is 19.7. The Morgan fingerprint density at radius 1 is 1.36 bits per heavy atom. The van der Waals surface area contributed by atoms with Gasteiger partial charge in [0.05, 0.1) is 29.2 Å². The highest BCUT2D eigenvalue weighted by atomic mass is 32.1. The SMILES string of the molecule is Cc1ncn(CC(=O)N(CC2CCCO2)c2nc3ccccc3s2)c(=O)c1C. The predicted molar refractivity (Wildman–Crippen MR) is 109 cm³/mol. The van der Waals surface area contributed by atoms with E-state index in [2.05, 4.69) is 9.97 Å². The number of benzene rings is 1. The van der Waals surface area contributed by atoms with E-state index in [9.17, 15) is 9.59 Å². The first-order chi connectivity index (χ1) is 13.5. The molecule has 0 spiro atoms. The fraction of sp³-hybridized carbons (Fsp3) is 0.400. The summed E-state index contributed by atoms with van der Waals surface area (Å²) < 4.78 is 8.12. The van der Waals surface area contributed by atoms with Crippen LogP contribution in [0.4, 0.5) is 5.13 Å². The molecule has 1 aliphatic heterocycles. The van der Waals surface area contributed by atoms with Crippen molar-refractivity contribution in [1.82, 2.24) is 14.5 Å². The summed E-state index contributed by atoms with van der Waals surface area (Å²) in [5.41, 5.74) is 1.90. The molecule has 1 unspecified atom stereocenters. The van der Waals surface area contributed by atoms with Crippen LogP contribution >= 0.6 is 11.3 Å². The average molecular weight is 398 g/mol. The van der Waals surface area contributed by atoms with Crippen LogP contribution in [0.15, 0.2) is 35.4 Å². The first kappa shape index (κ1) is 18.8. The molecule has 0 saturated carbocycles. The third-order valence-corrected chi connectivity index (χ3v) is 6.10. The zero-order valence-corrected chi connectivity index (χ0v) is 16.7. The molecule has 2 aromatic heterocycles. The Hall–Kier alpha value is -2.58. The Kier molecular flexibility index (Phi) is 5.23. The molecule has 7 nitrogen and oxygen atoms in total. The number of amides is 1. The number of aromatic nitrogens is 3. The third kappa shape index (κ3) is 3.70. The second-order valence-corrected chi connectivity index (χ2v) is 8.00. The van der Waals surface area contributed by atoms with Gasteiger partial charge in [-0.25, -0.2) is 9.97 Å². The minimum absolute atomic E-state index is 0.00874. The van der Waals surface area contributed by atoms with Gasteiger partial charge in [-0.3, -0.25) is 19.1 Å². The number of anilines is 1. The monoisotopic (exact) mass is 398 g/mol. The molecule has 3 heterocycles. The van der Waals surface area contributed by atoms with Crippen molar-refractivity contribution in [2.24, 2.45) is 0 Å². The Balaban J connectivity index is 1.65. The van der Waals surface area contributed by atoms with Crippen LogP contribution in [0.3, 0.4) is 0 Å². The molecule has 8 heteroatoms. The smallest absolute Gasteiger partial charge is 0.256 e. The number of para-hydroxylation sites is 1. The predicted octanol–water partition coefficient (Wildman–Crippen LogP) is 2.68. The number of hydrogen-bond acceptors (Lipinski definition) is 6. The highest BCUT2D eigenvalue weighted by Crippen LogP contribution is 2.30. The normalized spacial score (nSPS) is 16.6. The van der Waals surface area contributed by atoms with Crippen LogP contribution in [-0.4, -0.2) is 39.7 Å². The number of carbonyl (C=O) groups excluding carboxylic acids is 1. The molecule has 1 fully saturated rings. The van der Waals surface area contributed by atoms with E-state index in [4.69, 9.17) is 4.74 Å². The van der Waals surface area contributed by atoms with Gasteiger partial charge in [0.2, 0.25) is 5.91 Å². The Morgan fingerprint density at radius 3 is 2.93 bits per heavy atom. The summed E-state index contributed by atoms with van der Waals surface area (Å²) in [6, 6.07) is 7.81. The number of rotatable bonds is 5. The van der Waals surface area contributed by atoms with Crippen molar-refractivity contribution in [2.45, 2.75) is 39.3 Å². The quantitative estimate of drug-likeness (QED) is 0.660. The number of aryl methyl sites for hydroxylation is 1. The summed E-state index contributed by atoms with van der Waals surface area (Å²) in [7, 11) is 0. The number of fused-ring (bicyclic) bond motifs is 1. The minimum Gasteiger partial charge on any atom is -0.376 e. The van der Waals surface area contributed by atoms with E-state index in [-0.39, 0.29) is 24.1 Å². The molecule has 0 radical (unpaired) electrons. The maximum atomic E-state index is 13.2. The summed E-state index contributed by atoms with van der Waals surface area (Å²) >= 11 is 1.47. The van der Waals surface area contributed by atoms with Gasteiger partial charge in [-0.2, -0.15) is 0 Å². The minimum atomic E-state index is -0.193. The maximum Gasteiger partial charge on any atom is 0.256 e. The van der Waals surface area contributed by atoms with E-state index < -0.39 is 0 Å². The highest BCUT2D eigenvalue weighted by molar-refractivity contribution is 7.22. The Labute approximate surface area is 166 Å². The van der Waals surface area contributed by atoms with Crippen molar-refractivity contribution in [3.05, 3.63) is 52.2 Å². The van der Waals surface area contributed by atoms with Gasteiger partial charge < -0.3 is 4.74 Å². The molecule has 4 rings (SSSR count). The molecule has 1 atom stereocenters. The molecule has 1 saturated heterocycles. The van der Waals surface area contributed by atoms with Gasteiger partial charge in [-0.15, -0.1) is 0 Å². The Morgan fingerprint density at radius 2 is 2.18 bits per heavy atom. The largest absolute Gasteiger partial charge is 0.376 e. The molecular formula is C20H22N4O3S. The molecule has 0 bridgehead atoms. The van der Waals surface area contributed by atoms with Gasteiger partial charge in [0.25, 0.3) is 5.56 Å². The fourth-order valence-corrected chi connectivity index (χ4v) is 4.27. The lowest BCUT2D eigenvalue weighted by Gasteiger charge is -2.23. The lowest BCUT2D eigenvalue weighted by Crippen LogP contribution is -2.41. The van der Waals surface area contributed by atoms with Crippen LogP contribution in [0.25, 0.3) is 10.2 Å². The molecule has 0 N–H and O–H groups in total. The maximum absolute atomic E-state index is 13.2. The number of carbonyl (C=O) groups is 1. The van der Waals surface area contributed by atoms with E-state index in [1.54, 1.807) is 18.7 Å². The molecule has 1 amide bonds. The Bertz CT molecular complexity index is 1040. The zero-order valence-electron chi connectivity index (χ0n) is 15.9. The van der Waals surface area contributed by atoms with Crippen molar-refractivity contribution in [3.8, 4) is 0 Å². The van der Waals surface area contributed by atoms with Crippen LogP contribution < -0.4 is 10.5 Å². The van der Waals surface area contributed by atoms with Crippen LogP contribution in [0.2, 0.25) is 0 Å². The first-order valence-electron chi connectivity index (χ1n) is 9.33. The number of thiazole rings is 1. The summed E-state index contributed by atoms with van der Waals surface area (Å²) in [4.78, 5) is 36.2. The molecule has 3 aromatic rings. The van der Waals surface area contributed by atoms with Crippen LogP contribution in [0.1, 0.15) is 24.1 Å². The second kappa shape index (κ2) is 7.81. The first-order valence-corrected chi connectivity index (χ1v) is 10.1. The lowest BCUT2D eigenvalue weighted by atomic mass is 10.2. The van der Waals surface area contributed by atoms with Crippen molar-refractivity contribution in [3.63, 3.8) is 0 Å². The number of hydrogen-bond donors (Lipinski definition) is 0. The van der Waals surface area contributed by atoms with Crippen molar-refractivity contribution < 1.29 is 9.53 Å². The number of ether oxygens (including phenoxy) is 1. The van der Waals surface area contributed by atoms with E-state index in [1.807, 2.05) is 24.3 Å². The van der Waals surface area contributed by atoms with Crippen molar-refractivity contribution in [2.75, 3.05) is 18.1 Å². The summed E-state index contributed by atoms with van der Waals surface area (Å²) in [5.74, 6) is -0.193. The molecule has 28 heavy (non-hydrogen) atoms. The van der Waals surface area contributed by atoms with Crippen LogP contribution in [0.5, 0.6) is 0 Å². The fourth-order valence-electron chi connectivity index (χ4n) is 3.27. The molecule has 1 aliphatic rings. The number of nitrogens with zero attached hydrogens (tertiary/aromatic N) is 4. The molecule has 1 aromatic carbocycles. The average Bonchev–Trinajstić information content (AvgIpc) is 3.35. The molecule has 0 aliphatic carbocycles. The van der Waals surface area contributed by atoms with Crippen LogP contribution in [0, 0.1) is 13.8 Å². The lowest BCUT2D eigenvalue weighted by molar-refractivity contribution is -0.119. The topological polar surface area (TPSA) is 77.3 Å². The van der Waals surface area contributed by atoms with Gasteiger partial charge in [-0.05, 0) is 38.8 Å². The standard InChI is InChI=1S/C20H22N4O3S/c1-13-14(2)21-12-23(19(13)26)11-18(25)24(10-15-6-5-9-27-15)20-22-16-7-3-4-8-17(16)28-20/h3-4,7-8,12,15H,5-6,9-11H2,1-2H3. The van der Waals surface area contributed by atoms with Gasteiger partial charge >= 0.3 is 0 Å².